The average Bonchev–Trinajstić information content (AvgIpc) is 2.96. The highest BCUT2D eigenvalue weighted by atomic mass is 19.1. The molecule has 0 aliphatic carbocycles. The molecule has 0 fully saturated rings. The summed E-state index contributed by atoms with van der Waals surface area (Å²) in [6.07, 6.45) is 2.97. The van der Waals surface area contributed by atoms with Crippen molar-refractivity contribution < 1.29 is 9.18 Å². The van der Waals surface area contributed by atoms with E-state index in [-0.39, 0.29) is 18.1 Å². The Hall–Kier alpha value is -3.03. The maximum Gasteiger partial charge on any atom is 0.242 e. The quantitative estimate of drug-likeness (QED) is 0.626. The Morgan fingerprint density at radius 3 is 2.81 bits per heavy atom. The number of hydrogen-bond donors (Lipinski definition) is 3. The monoisotopic (exact) mass is 286 g/mol. The van der Waals surface area contributed by atoms with Crippen LogP contribution in [0, 0.1) is 5.82 Å². The van der Waals surface area contributed by atoms with Crippen LogP contribution in [0.25, 0.3) is 11.2 Å². The van der Waals surface area contributed by atoms with Crippen LogP contribution in [0.15, 0.2) is 36.9 Å². The number of hydrazine groups is 1. The number of rotatable bonds is 4. The molecule has 0 bridgehead atoms. The van der Waals surface area contributed by atoms with Gasteiger partial charge in [0.05, 0.1) is 12.7 Å². The number of halogens is 1. The minimum absolute atomic E-state index is 0.129. The number of imidazole rings is 1. The van der Waals surface area contributed by atoms with E-state index in [1.54, 1.807) is 12.1 Å². The van der Waals surface area contributed by atoms with Crippen molar-refractivity contribution in [2.24, 2.45) is 0 Å². The standard InChI is InChI=1S/C13H11FN6O/c14-9-3-1-8(2-4-9)5-10(21)19-20-13-11-12(16-6-15-11)17-7-18-13/h1-4,6-7H,5H2,(H,19,21)(H2,15,16,17,18,20). The molecule has 0 saturated carbocycles. The Morgan fingerprint density at radius 2 is 2.00 bits per heavy atom. The molecule has 3 rings (SSSR count). The minimum atomic E-state index is -0.333. The molecule has 0 atom stereocenters. The zero-order chi connectivity index (χ0) is 14.7. The summed E-state index contributed by atoms with van der Waals surface area (Å²) in [6, 6.07) is 5.75. The van der Waals surface area contributed by atoms with Crippen molar-refractivity contribution in [3.63, 3.8) is 0 Å². The van der Waals surface area contributed by atoms with Crippen molar-refractivity contribution in [1.82, 2.24) is 25.4 Å². The van der Waals surface area contributed by atoms with Crippen molar-refractivity contribution in [2.75, 3.05) is 5.43 Å². The number of hydrogen-bond acceptors (Lipinski definition) is 5. The van der Waals surface area contributed by atoms with Crippen LogP contribution in [-0.2, 0) is 11.2 Å². The molecule has 0 saturated heterocycles. The second-order valence-corrected chi connectivity index (χ2v) is 4.30. The lowest BCUT2D eigenvalue weighted by atomic mass is 10.1. The Balaban J connectivity index is 1.63. The van der Waals surface area contributed by atoms with Crippen LogP contribution in [-0.4, -0.2) is 25.8 Å². The van der Waals surface area contributed by atoms with Crippen molar-refractivity contribution in [2.45, 2.75) is 6.42 Å². The van der Waals surface area contributed by atoms with Crippen molar-refractivity contribution >= 4 is 22.9 Å². The first-order valence-corrected chi connectivity index (χ1v) is 6.16. The van der Waals surface area contributed by atoms with Crippen LogP contribution in [0.3, 0.4) is 0 Å². The summed E-state index contributed by atoms with van der Waals surface area (Å²) in [7, 11) is 0. The number of nitrogens with zero attached hydrogens (tertiary/aromatic N) is 3. The first-order valence-electron chi connectivity index (χ1n) is 6.16. The van der Waals surface area contributed by atoms with Gasteiger partial charge in [0.25, 0.3) is 0 Å². The molecule has 1 amide bonds. The molecule has 0 aliphatic rings. The Morgan fingerprint density at radius 1 is 1.19 bits per heavy atom. The molecule has 2 heterocycles. The van der Waals surface area contributed by atoms with E-state index in [4.69, 9.17) is 0 Å². The highest BCUT2D eigenvalue weighted by Crippen LogP contribution is 2.13. The smallest absolute Gasteiger partial charge is 0.242 e. The summed E-state index contributed by atoms with van der Waals surface area (Å²) >= 11 is 0. The maximum absolute atomic E-state index is 12.8. The number of amides is 1. The number of benzene rings is 1. The van der Waals surface area contributed by atoms with E-state index in [2.05, 4.69) is 30.8 Å². The highest BCUT2D eigenvalue weighted by Gasteiger charge is 2.07. The third kappa shape index (κ3) is 2.94. The normalized spacial score (nSPS) is 10.5. The molecule has 7 nitrogen and oxygen atoms in total. The summed E-state index contributed by atoms with van der Waals surface area (Å²) < 4.78 is 12.8. The van der Waals surface area contributed by atoms with Gasteiger partial charge in [0.15, 0.2) is 11.5 Å². The largest absolute Gasteiger partial charge is 0.340 e. The molecule has 8 heteroatoms. The summed E-state index contributed by atoms with van der Waals surface area (Å²) in [5.41, 5.74) is 7.04. The van der Waals surface area contributed by atoms with Crippen LogP contribution in [0.1, 0.15) is 5.56 Å². The van der Waals surface area contributed by atoms with Crippen molar-refractivity contribution in [1.29, 1.82) is 0 Å². The number of nitrogens with one attached hydrogen (secondary N) is 3. The molecule has 0 unspecified atom stereocenters. The number of fused-ring (bicyclic) bond motifs is 1. The summed E-state index contributed by atoms with van der Waals surface area (Å²) in [6.45, 7) is 0. The second kappa shape index (κ2) is 5.53. The number of anilines is 1. The zero-order valence-corrected chi connectivity index (χ0v) is 10.8. The number of aromatic amines is 1. The Labute approximate surface area is 118 Å². The molecule has 0 radical (unpaired) electrons. The third-order valence-electron chi connectivity index (χ3n) is 2.82. The summed E-state index contributed by atoms with van der Waals surface area (Å²) in [5, 5.41) is 0. The van der Waals surface area contributed by atoms with Gasteiger partial charge in [0.1, 0.15) is 17.7 Å². The maximum atomic E-state index is 12.8. The molecule has 3 N–H and O–H groups in total. The van der Waals surface area contributed by atoms with Crippen LogP contribution in [0.2, 0.25) is 0 Å². The van der Waals surface area contributed by atoms with Gasteiger partial charge in [-0.05, 0) is 17.7 Å². The summed E-state index contributed by atoms with van der Waals surface area (Å²) in [5.74, 6) is -0.183. The molecular formula is C13H11FN6O. The van der Waals surface area contributed by atoms with Crippen LogP contribution in [0.4, 0.5) is 10.2 Å². The molecule has 1 aromatic carbocycles. The van der Waals surface area contributed by atoms with Gasteiger partial charge in [0.2, 0.25) is 5.91 Å². The molecule has 0 spiro atoms. The SMILES string of the molecule is O=C(Cc1ccc(F)cc1)NNc1ncnc2nc[nH]c12. The van der Waals surface area contributed by atoms with Gasteiger partial charge in [-0.1, -0.05) is 12.1 Å². The Bertz CT molecular complexity index is 770. The van der Waals surface area contributed by atoms with Gasteiger partial charge in [-0.3, -0.25) is 15.6 Å². The van der Waals surface area contributed by atoms with E-state index in [0.29, 0.717) is 22.5 Å². The lowest BCUT2D eigenvalue weighted by Crippen LogP contribution is -2.31. The fourth-order valence-electron chi connectivity index (χ4n) is 1.82. The Kier molecular flexibility index (Phi) is 3.42. The minimum Gasteiger partial charge on any atom is -0.340 e. The van der Waals surface area contributed by atoms with E-state index in [1.165, 1.54) is 24.8 Å². The van der Waals surface area contributed by atoms with Crippen molar-refractivity contribution in [3.8, 4) is 0 Å². The molecule has 2 aromatic heterocycles. The zero-order valence-electron chi connectivity index (χ0n) is 10.8. The van der Waals surface area contributed by atoms with Gasteiger partial charge in [-0.25, -0.2) is 19.3 Å². The van der Waals surface area contributed by atoms with Crippen LogP contribution < -0.4 is 10.9 Å². The van der Waals surface area contributed by atoms with Gasteiger partial charge < -0.3 is 4.98 Å². The van der Waals surface area contributed by atoms with Crippen molar-refractivity contribution in [3.05, 3.63) is 48.3 Å². The molecule has 21 heavy (non-hydrogen) atoms. The second-order valence-electron chi connectivity index (χ2n) is 4.30. The molecule has 3 aromatic rings. The highest BCUT2D eigenvalue weighted by molar-refractivity contribution is 5.85. The van der Waals surface area contributed by atoms with E-state index >= 15 is 0 Å². The van der Waals surface area contributed by atoms with E-state index in [9.17, 15) is 9.18 Å². The van der Waals surface area contributed by atoms with E-state index < -0.39 is 0 Å². The lowest BCUT2D eigenvalue weighted by molar-refractivity contribution is -0.119. The van der Waals surface area contributed by atoms with E-state index in [0.717, 1.165) is 0 Å². The predicted octanol–water partition coefficient (Wildman–Crippen LogP) is 1.18. The topological polar surface area (TPSA) is 95.6 Å². The fourth-order valence-corrected chi connectivity index (χ4v) is 1.82. The van der Waals surface area contributed by atoms with Gasteiger partial charge >= 0.3 is 0 Å². The number of carbonyl (C=O) groups is 1. The number of H-pyrrole nitrogens is 1. The van der Waals surface area contributed by atoms with E-state index in [1.807, 2.05) is 0 Å². The van der Waals surface area contributed by atoms with Gasteiger partial charge in [0, 0.05) is 0 Å². The fraction of sp³-hybridized carbons (Fsp3) is 0.0769. The summed E-state index contributed by atoms with van der Waals surface area (Å²) in [4.78, 5) is 26.6. The molecule has 106 valence electrons. The number of aromatic nitrogens is 4. The molecular weight excluding hydrogens is 275 g/mol. The third-order valence-corrected chi connectivity index (χ3v) is 2.82. The van der Waals surface area contributed by atoms with Gasteiger partial charge in [-0.2, -0.15) is 0 Å². The first-order chi connectivity index (χ1) is 10.2. The molecule has 0 aliphatic heterocycles. The average molecular weight is 286 g/mol. The number of carbonyl (C=O) groups excluding carboxylic acids is 1. The lowest BCUT2D eigenvalue weighted by Gasteiger charge is -2.08. The van der Waals surface area contributed by atoms with Crippen LogP contribution in [0.5, 0.6) is 0 Å². The first kappa shape index (κ1) is 13.0. The predicted molar refractivity (Wildman–Crippen MR) is 73.6 cm³/mol. The van der Waals surface area contributed by atoms with Gasteiger partial charge in [-0.15, -0.1) is 0 Å². The van der Waals surface area contributed by atoms with Crippen LogP contribution >= 0.6 is 0 Å².